The highest BCUT2D eigenvalue weighted by Crippen LogP contribution is 2.11. The van der Waals surface area contributed by atoms with E-state index in [2.05, 4.69) is 5.32 Å². The van der Waals surface area contributed by atoms with Gasteiger partial charge in [0.15, 0.2) is 0 Å². The Bertz CT molecular complexity index is 511. The Kier molecular flexibility index (Phi) is 4.96. The number of aryl methyl sites for hydroxylation is 1. The molecule has 21 heavy (non-hydrogen) atoms. The number of piperazine rings is 1. The van der Waals surface area contributed by atoms with Crippen LogP contribution in [0.5, 0.6) is 0 Å². The first-order valence-electron chi connectivity index (χ1n) is 7.26. The lowest BCUT2D eigenvalue weighted by atomic mass is 10.1. The van der Waals surface area contributed by atoms with E-state index in [1.807, 2.05) is 31.2 Å². The normalized spacial score (nSPS) is 18.4. The second-order valence-corrected chi connectivity index (χ2v) is 5.70. The van der Waals surface area contributed by atoms with E-state index in [4.69, 9.17) is 0 Å². The molecule has 1 unspecified atom stereocenters. The first kappa shape index (κ1) is 15.5. The molecule has 1 atom stereocenters. The number of carbonyl (C=O) groups is 2. The second-order valence-electron chi connectivity index (χ2n) is 5.70. The van der Waals surface area contributed by atoms with E-state index in [-0.39, 0.29) is 11.8 Å². The summed E-state index contributed by atoms with van der Waals surface area (Å²) in [6.45, 7) is 3.86. The molecule has 0 bridgehead atoms. The maximum absolute atomic E-state index is 12.5. The van der Waals surface area contributed by atoms with Gasteiger partial charge in [0.25, 0.3) is 0 Å². The molecule has 0 aromatic heterocycles. The first-order chi connectivity index (χ1) is 9.99. The molecule has 1 aliphatic heterocycles. The average molecular weight is 289 g/mol. The molecule has 114 valence electrons. The predicted octanol–water partition coefficient (Wildman–Crippen LogP) is 0.426. The van der Waals surface area contributed by atoms with Crippen molar-refractivity contribution < 1.29 is 9.59 Å². The van der Waals surface area contributed by atoms with Crippen LogP contribution in [-0.2, 0) is 16.0 Å². The fourth-order valence-electron chi connectivity index (χ4n) is 2.50. The molecule has 1 saturated heterocycles. The van der Waals surface area contributed by atoms with Gasteiger partial charge in [-0.05, 0) is 12.5 Å². The van der Waals surface area contributed by atoms with Gasteiger partial charge in [-0.15, -0.1) is 0 Å². The Morgan fingerprint density at radius 3 is 2.57 bits per heavy atom. The highest BCUT2D eigenvalue weighted by Gasteiger charge is 2.32. The van der Waals surface area contributed by atoms with Gasteiger partial charge in [-0.1, -0.05) is 29.8 Å². The van der Waals surface area contributed by atoms with Crippen LogP contribution in [0.4, 0.5) is 0 Å². The van der Waals surface area contributed by atoms with Crippen LogP contribution < -0.4 is 5.32 Å². The van der Waals surface area contributed by atoms with Crippen molar-refractivity contribution in [1.82, 2.24) is 15.1 Å². The number of rotatable bonds is 3. The van der Waals surface area contributed by atoms with Crippen LogP contribution in [0.3, 0.4) is 0 Å². The van der Waals surface area contributed by atoms with Crippen LogP contribution in [0.15, 0.2) is 24.3 Å². The fourth-order valence-corrected chi connectivity index (χ4v) is 2.50. The van der Waals surface area contributed by atoms with E-state index in [1.54, 1.807) is 23.9 Å². The lowest BCUT2D eigenvalue weighted by Crippen LogP contribution is -2.59. The zero-order chi connectivity index (χ0) is 15.4. The van der Waals surface area contributed by atoms with E-state index >= 15 is 0 Å². The predicted molar refractivity (Wildman–Crippen MR) is 81.9 cm³/mol. The van der Waals surface area contributed by atoms with Gasteiger partial charge < -0.3 is 15.1 Å². The van der Waals surface area contributed by atoms with Gasteiger partial charge >= 0.3 is 0 Å². The van der Waals surface area contributed by atoms with Crippen molar-refractivity contribution in [2.24, 2.45) is 0 Å². The smallest absolute Gasteiger partial charge is 0.246 e. The number of benzene rings is 1. The molecular weight excluding hydrogens is 266 g/mol. The Morgan fingerprint density at radius 1 is 1.29 bits per heavy atom. The van der Waals surface area contributed by atoms with Crippen LogP contribution in [-0.4, -0.2) is 61.4 Å². The van der Waals surface area contributed by atoms with Crippen LogP contribution in [0, 0.1) is 6.92 Å². The van der Waals surface area contributed by atoms with Crippen LogP contribution in [0.25, 0.3) is 0 Å². The fraction of sp³-hybridized carbons (Fsp3) is 0.500. The Balaban J connectivity index is 2.08. The Morgan fingerprint density at radius 2 is 1.95 bits per heavy atom. The third-order valence-electron chi connectivity index (χ3n) is 3.77. The van der Waals surface area contributed by atoms with Gasteiger partial charge in [0, 0.05) is 33.7 Å². The topological polar surface area (TPSA) is 52.7 Å². The maximum Gasteiger partial charge on any atom is 0.246 e. The van der Waals surface area contributed by atoms with Crippen LogP contribution in [0.2, 0.25) is 0 Å². The van der Waals surface area contributed by atoms with Crippen LogP contribution >= 0.6 is 0 Å². The molecular formula is C16H23N3O2. The monoisotopic (exact) mass is 289 g/mol. The Hall–Kier alpha value is -1.88. The maximum atomic E-state index is 12.5. The van der Waals surface area contributed by atoms with E-state index in [1.165, 1.54) is 5.56 Å². The van der Waals surface area contributed by atoms with Crippen molar-refractivity contribution >= 4 is 11.8 Å². The van der Waals surface area contributed by atoms with Gasteiger partial charge in [-0.25, -0.2) is 0 Å². The molecule has 1 fully saturated rings. The van der Waals surface area contributed by atoms with E-state index in [0.29, 0.717) is 19.5 Å². The van der Waals surface area contributed by atoms with Gasteiger partial charge in [-0.3, -0.25) is 9.59 Å². The number of hydrogen-bond acceptors (Lipinski definition) is 3. The highest BCUT2D eigenvalue weighted by atomic mass is 16.2. The number of amides is 2. The number of nitrogens with zero attached hydrogens (tertiary/aromatic N) is 2. The summed E-state index contributed by atoms with van der Waals surface area (Å²) in [4.78, 5) is 28.0. The zero-order valence-corrected chi connectivity index (χ0v) is 12.9. The highest BCUT2D eigenvalue weighted by molar-refractivity contribution is 5.88. The number of likely N-dealkylation sites (N-methyl/N-ethyl adjacent to an activating group) is 1. The molecule has 5 nitrogen and oxygen atoms in total. The summed E-state index contributed by atoms with van der Waals surface area (Å²) in [5.74, 6) is -0.0139. The summed E-state index contributed by atoms with van der Waals surface area (Å²) in [5, 5.41) is 3.19. The lowest BCUT2D eigenvalue weighted by Gasteiger charge is -2.36. The summed E-state index contributed by atoms with van der Waals surface area (Å²) < 4.78 is 0. The third kappa shape index (κ3) is 3.82. The summed E-state index contributed by atoms with van der Waals surface area (Å²) >= 11 is 0. The summed E-state index contributed by atoms with van der Waals surface area (Å²) in [6, 6.07) is 7.55. The zero-order valence-electron chi connectivity index (χ0n) is 12.9. The first-order valence-corrected chi connectivity index (χ1v) is 7.26. The van der Waals surface area contributed by atoms with E-state index < -0.39 is 6.04 Å². The number of carbonyl (C=O) groups excluding carboxylic acids is 2. The molecule has 2 rings (SSSR count). The Labute approximate surface area is 125 Å². The van der Waals surface area contributed by atoms with Gasteiger partial charge in [0.05, 0.1) is 6.42 Å². The third-order valence-corrected chi connectivity index (χ3v) is 3.77. The standard InChI is InChI=1S/C16H23N3O2/c1-12-4-6-13(7-5-12)10-15(20)19-9-8-17-11-14(19)16(21)18(2)3/h4-7,14,17H,8-11H2,1-3H3. The number of hydrogen-bond donors (Lipinski definition) is 1. The molecule has 0 spiro atoms. The molecule has 2 amide bonds. The van der Waals surface area contributed by atoms with Gasteiger partial charge in [0.1, 0.15) is 6.04 Å². The van der Waals surface area contributed by atoms with Crippen molar-refractivity contribution in [1.29, 1.82) is 0 Å². The van der Waals surface area contributed by atoms with E-state index in [0.717, 1.165) is 12.1 Å². The van der Waals surface area contributed by atoms with Crippen molar-refractivity contribution in [3.63, 3.8) is 0 Å². The number of nitrogens with one attached hydrogen (secondary N) is 1. The largest absolute Gasteiger partial charge is 0.347 e. The van der Waals surface area contributed by atoms with E-state index in [9.17, 15) is 9.59 Å². The SMILES string of the molecule is Cc1ccc(CC(=O)N2CCNCC2C(=O)N(C)C)cc1. The summed E-state index contributed by atoms with van der Waals surface area (Å²) in [5.41, 5.74) is 2.16. The quantitative estimate of drug-likeness (QED) is 0.878. The minimum absolute atomic E-state index is 0.0144. The van der Waals surface area contributed by atoms with Crippen molar-refractivity contribution in [3.05, 3.63) is 35.4 Å². The van der Waals surface area contributed by atoms with Gasteiger partial charge in [-0.2, -0.15) is 0 Å². The molecule has 1 aliphatic rings. The molecule has 1 heterocycles. The summed E-state index contributed by atoms with van der Waals surface area (Å²) in [6.07, 6.45) is 0.345. The van der Waals surface area contributed by atoms with Crippen LogP contribution in [0.1, 0.15) is 11.1 Å². The minimum Gasteiger partial charge on any atom is -0.347 e. The average Bonchev–Trinajstić information content (AvgIpc) is 2.48. The lowest BCUT2D eigenvalue weighted by molar-refractivity contribution is -0.145. The van der Waals surface area contributed by atoms with Gasteiger partial charge in [0.2, 0.25) is 11.8 Å². The molecule has 1 aromatic rings. The second kappa shape index (κ2) is 6.72. The molecule has 0 saturated carbocycles. The molecule has 0 radical (unpaired) electrons. The molecule has 1 aromatic carbocycles. The van der Waals surface area contributed by atoms with Crippen molar-refractivity contribution in [2.75, 3.05) is 33.7 Å². The molecule has 0 aliphatic carbocycles. The van der Waals surface area contributed by atoms with Crippen molar-refractivity contribution in [2.45, 2.75) is 19.4 Å². The minimum atomic E-state index is -0.397. The molecule has 5 heteroatoms. The molecule has 1 N–H and O–H groups in total. The summed E-state index contributed by atoms with van der Waals surface area (Å²) in [7, 11) is 3.44. The van der Waals surface area contributed by atoms with Crippen molar-refractivity contribution in [3.8, 4) is 0 Å².